The van der Waals surface area contributed by atoms with Crippen LogP contribution in [-0.2, 0) is 4.84 Å². The molecule has 1 saturated heterocycles. The van der Waals surface area contributed by atoms with Crippen LogP contribution in [0.1, 0.15) is 72.6 Å². The minimum Gasteiger partial charge on any atom is -0.295 e. The molecule has 3 heteroatoms. The van der Waals surface area contributed by atoms with Gasteiger partial charge in [0.05, 0.1) is 12.2 Å². The highest BCUT2D eigenvalue weighted by Crippen LogP contribution is 2.40. The first-order chi connectivity index (χ1) is 8.85. The molecule has 2 unspecified atom stereocenters. The van der Waals surface area contributed by atoms with Crippen LogP contribution in [0.3, 0.4) is 0 Å². The van der Waals surface area contributed by atoms with Crippen LogP contribution in [0, 0.1) is 17.2 Å². The first kappa shape index (κ1) is 14.8. The highest BCUT2D eigenvalue weighted by Gasteiger charge is 2.44. The van der Waals surface area contributed by atoms with E-state index in [1.807, 2.05) is 0 Å². The van der Waals surface area contributed by atoms with Crippen molar-refractivity contribution < 1.29 is 4.84 Å². The first-order valence-electron chi connectivity index (χ1n) is 7.72. The Bertz CT molecular complexity index is 340. The number of hydrogen-bond donors (Lipinski definition) is 0. The summed E-state index contributed by atoms with van der Waals surface area (Å²) >= 11 is 0. The van der Waals surface area contributed by atoms with Crippen LogP contribution in [-0.4, -0.2) is 22.2 Å². The van der Waals surface area contributed by atoms with Crippen molar-refractivity contribution in [2.45, 2.75) is 89.8 Å². The standard InChI is InChI=1S/C16H28N2O/c1-15(2)9-6-10-16(3,4)18(15)19-14-8-5-7-13(11-14)12-17/h13-14H,5-11H2,1-4H3. The second-order valence-electron chi connectivity index (χ2n) is 7.49. The van der Waals surface area contributed by atoms with Crippen LogP contribution in [0.25, 0.3) is 0 Å². The maximum atomic E-state index is 9.10. The summed E-state index contributed by atoms with van der Waals surface area (Å²) in [5, 5.41) is 11.3. The van der Waals surface area contributed by atoms with E-state index in [0.717, 1.165) is 25.7 Å². The lowest BCUT2D eigenvalue weighted by molar-refractivity contribution is -0.309. The summed E-state index contributed by atoms with van der Waals surface area (Å²) in [5.74, 6) is 0.190. The molecule has 19 heavy (non-hydrogen) atoms. The molecule has 2 aliphatic rings. The van der Waals surface area contributed by atoms with Gasteiger partial charge in [-0.3, -0.25) is 4.84 Å². The van der Waals surface area contributed by atoms with Crippen LogP contribution in [0.5, 0.6) is 0 Å². The van der Waals surface area contributed by atoms with Gasteiger partial charge in [0.15, 0.2) is 0 Å². The molecule has 0 amide bonds. The van der Waals surface area contributed by atoms with E-state index in [4.69, 9.17) is 10.1 Å². The van der Waals surface area contributed by atoms with Gasteiger partial charge in [-0.05, 0) is 72.6 Å². The molecule has 0 radical (unpaired) electrons. The van der Waals surface area contributed by atoms with E-state index in [2.05, 4.69) is 38.8 Å². The molecule has 2 atom stereocenters. The molecule has 0 N–H and O–H groups in total. The Kier molecular flexibility index (Phi) is 4.23. The Hall–Kier alpha value is -0.590. The number of piperidine rings is 1. The van der Waals surface area contributed by atoms with E-state index in [-0.39, 0.29) is 23.1 Å². The van der Waals surface area contributed by atoms with Crippen LogP contribution in [0.15, 0.2) is 0 Å². The van der Waals surface area contributed by atoms with Crippen molar-refractivity contribution in [1.82, 2.24) is 5.06 Å². The maximum Gasteiger partial charge on any atom is 0.0806 e. The van der Waals surface area contributed by atoms with Gasteiger partial charge >= 0.3 is 0 Å². The number of hydrogen-bond acceptors (Lipinski definition) is 3. The minimum absolute atomic E-state index is 0.0985. The van der Waals surface area contributed by atoms with Gasteiger partial charge in [-0.1, -0.05) is 0 Å². The topological polar surface area (TPSA) is 36.3 Å². The quantitative estimate of drug-likeness (QED) is 0.755. The average Bonchev–Trinajstić information content (AvgIpc) is 2.34. The number of nitriles is 1. The summed E-state index contributed by atoms with van der Waals surface area (Å²) < 4.78 is 0. The van der Waals surface area contributed by atoms with Crippen LogP contribution < -0.4 is 0 Å². The summed E-state index contributed by atoms with van der Waals surface area (Å²) in [6.45, 7) is 9.11. The minimum atomic E-state index is 0.0985. The fourth-order valence-corrected chi connectivity index (χ4v) is 3.77. The summed E-state index contributed by atoms with van der Waals surface area (Å²) in [5.41, 5.74) is 0.197. The molecular weight excluding hydrogens is 236 g/mol. The van der Waals surface area contributed by atoms with Crippen LogP contribution >= 0.6 is 0 Å². The second kappa shape index (κ2) is 5.42. The first-order valence-corrected chi connectivity index (χ1v) is 7.72. The lowest BCUT2D eigenvalue weighted by atomic mass is 9.82. The van der Waals surface area contributed by atoms with Crippen molar-refractivity contribution in [3.05, 3.63) is 0 Å². The Balaban J connectivity index is 2.05. The van der Waals surface area contributed by atoms with Crippen LogP contribution in [0.4, 0.5) is 0 Å². The Labute approximate surface area is 117 Å². The van der Waals surface area contributed by atoms with E-state index >= 15 is 0 Å². The van der Waals surface area contributed by atoms with Crippen molar-refractivity contribution in [2.24, 2.45) is 5.92 Å². The molecule has 108 valence electrons. The van der Waals surface area contributed by atoms with Crippen LogP contribution in [0.2, 0.25) is 0 Å². The summed E-state index contributed by atoms with van der Waals surface area (Å²) in [6.07, 6.45) is 8.04. The Morgan fingerprint density at radius 3 is 2.26 bits per heavy atom. The molecule has 0 aromatic carbocycles. The maximum absolute atomic E-state index is 9.10. The lowest BCUT2D eigenvalue weighted by Gasteiger charge is -2.52. The Morgan fingerprint density at radius 1 is 1.05 bits per heavy atom. The van der Waals surface area contributed by atoms with E-state index in [0.29, 0.717) is 0 Å². The molecule has 2 rings (SSSR count). The van der Waals surface area contributed by atoms with Crippen molar-refractivity contribution in [3.63, 3.8) is 0 Å². The summed E-state index contributed by atoms with van der Waals surface area (Å²) in [6, 6.07) is 2.41. The molecule has 1 aliphatic heterocycles. The lowest BCUT2D eigenvalue weighted by Crippen LogP contribution is -2.59. The third kappa shape index (κ3) is 3.30. The van der Waals surface area contributed by atoms with Gasteiger partial charge in [0.25, 0.3) is 0 Å². The zero-order valence-corrected chi connectivity index (χ0v) is 12.9. The van der Waals surface area contributed by atoms with Gasteiger partial charge in [0, 0.05) is 17.0 Å². The SMILES string of the molecule is CC1(C)CCCC(C)(C)N1OC1CCCC(C#N)C1. The molecule has 1 saturated carbocycles. The molecule has 0 spiro atoms. The summed E-state index contributed by atoms with van der Waals surface area (Å²) in [7, 11) is 0. The average molecular weight is 264 g/mol. The third-order valence-electron chi connectivity index (χ3n) is 4.74. The van der Waals surface area contributed by atoms with Crippen molar-refractivity contribution >= 4 is 0 Å². The molecule has 1 aliphatic carbocycles. The third-order valence-corrected chi connectivity index (χ3v) is 4.74. The Morgan fingerprint density at radius 2 is 1.68 bits per heavy atom. The number of nitrogens with zero attached hydrogens (tertiary/aromatic N) is 2. The molecule has 0 aromatic rings. The van der Waals surface area contributed by atoms with Gasteiger partial charge in [-0.15, -0.1) is 0 Å². The highest BCUT2D eigenvalue weighted by molar-refractivity contribution is 4.94. The van der Waals surface area contributed by atoms with Gasteiger partial charge in [0.2, 0.25) is 0 Å². The highest BCUT2D eigenvalue weighted by atomic mass is 16.7. The monoisotopic (exact) mass is 264 g/mol. The zero-order chi connectivity index (χ0) is 14.1. The zero-order valence-electron chi connectivity index (χ0n) is 12.9. The van der Waals surface area contributed by atoms with Crippen molar-refractivity contribution in [3.8, 4) is 6.07 Å². The molecule has 0 aromatic heterocycles. The van der Waals surface area contributed by atoms with Gasteiger partial charge in [-0.25, -0.2) is 0 Å². The van der Waals surface area contributed by atoms with Gasteiger partial charge < -0.3 is 0 Å². The van der Waals surface area contributed by atoms with Crippen molar-refractivity contribution in [2.75, 3.05) is 0 Å². The predicted octanol–water partition coefficient (Wildman–Crippen LogP) is 4.04. The smallest absolute Gasteiger partial charge is 0.0806 e. The van der Waals surface area contributed by atoms with E-state index < -0.39 is 0 Å². The van der Waals surface area contributed by atoms with E-state index in [1.165, 1.54) is 19.3 Å². The van der Waals surface area contributed by atoms with E-state index in [1.54, 1.807) is 0 Å². The van der Waals surface area contributed by atoms with Gasteiger partial charge in [-0.2, -0.15) is 10.3 Å². The normalized spacial score (nSPS) is 34.7. The predicted molar refractivity (Wildman–Crippen MR) is 76.3 cm³/mol. The van der Waals surface area contributed by atoms with Crippen molar-refractivity contribution in [1.29, 1.82) is 5.26 Å². The van der Waals surface area contributed by atoms with Gasteiger partial charge in [0.1, 0.15) is 0 Å². The molecule has 3 nitrogen and oxygen atoms in total. The molecule has 0 bridgehead atoms. The molecule has 2 fully saturated rings. The summed E-state index contributed by atoms with van der Waals surface area (Å²) in [4.78, 5) is 6.38. The second-order valence-corrected chi connectivity index (χ2v) is 7.49. The number of rotatable bonds is 2. The van der Waals surface area contributed by atoms with E-state index in [9.17, 15) is 0 Å². The fourth-order valence-electron chi connectivity index (χ4n) is 3.77. The largest absolute Gasteiger partial charge is 0.295 e. The fraction of sp³-hybridized carbons (Fsp3) is 0.938. The molecular formula is C16H28N2O. The molecule has 1 heterocycles. The number of hydroxylamine groups is 2.